The first kappa shape index (κ1) is 22.4. The lowest BCUT2D eigenvalue weighted by Crippen LogP contribution is -2.33. The Balaban J connectivity index is 1.80. The van der Waals surface area contributed by atoms with Crippen LogP contribution < -0.4 is 4.74 Å². The van der Waals surface area contributed by atoms with E-state index in [9.17, 15) is 14.4 Å². The van der Waals surface area contributed by atoms with Crippen LogP contribution in [-0.2, 0) is 16.2 Å². The van der Waals surface area contributed by atoms with Crippen LogP contribution in [-0.4, -0.2) is 33.7 Å². The molecule has 0 spiro atoms. The van der Waals surface area contributed by atoms with E-state index in [4.69, 9.17) is 21.4 Å². The Morgan fingerprint density at radius 1 is 1.21 bits per heavy atom. The van der Waals surface area contributed by atoms with E-state index in [2.05, 4.69) is 45.2 Å². The van der Waals surface area contributed by atoms with Gasteiger partial charge in [-0.3, -0.25) is 19.3 Å². The zero-order chi connectivity index (χ0) is 21.1. The SMILES string of the molecule is O=C(O)CN1C(=O)S/C(=C/c2cc(I)c(OCc3ccccc3Cl)c(I)c2)C1=O. The van der Waals surface area contributed by atoms with E-state index in [1.807, 2.05) is 30.3 Å². The Morgan fingerprint density at radius 2 is 1.86 bits per heavy atom. The smallest absolute Gasteiger partial charge is 0.323 e. The van der Waals surface area contributed by atoms with Gasteiger partial charge in [0.25, 0.3) is 11.1 Å². The quantitative estimate of drug-likeness (QED) is 0.339. The van der Waals surface area contributed by atoms with E-state index in [1.54, 1.807) is 12.1 Å². The molecule has 0 aliphatic carbocycles. The molecule has 1 heterocycles. The zero-order valence-corrected chi connectivity index (χ0v) is 20.4. The first-order chi connectivity index (χ1) is 13.8. The van der Waals surface area contributed by atoms with Crippen molar-refractivity contribution in [1.29, 1.82) is 0 Å². The number of hydrogen-bond acceptors (Lipinski definition) is 5. The summed E-state index contributed by atoms with van der Waals surface area (Å²) < 4.78 is 7.60. The van der Waals surface area contributed by atoms with Crippen LogP contribution in [0.3, 0.4) is 0 Å². The number of carboxylic acids is 1. The molecule has 6 nitrogen and oxygen atoms in total. The highest BCUT2D eigenvalue weighted by Crippen LogP contribution is 2.35. The molecule has 3 rings (SSSR count). The molecule has 0 saturated carbocycles. The van der Waals surface area contributed by atoms with Crippen LogP contribution in [0.4, 0.5) is 4.79 Å². The molecule has 1 fully saturated rings. The Morgan fingerprint density at radius 3 is 2.48 bits per heavy atom. The van der Waals surface area contributed by atoms with Crippen LogP contribution >= 0.6 is 68.5 Å². The number of benzene rings is 2. The maximum atomic E-state index is 12.3. The van der Waals surface area contributed by atoms with Crippen LogP contribution in [0.5, 0.6) is 5.75 Å². The fourth-order valence-corrected chi connectivity index (χ4v) is 5.65. The molecule has 0 aromatic heterocycles. The van der Waals surface area contributed by atoms with Gasteiger partial charge in [-0.25, -0.2) is 0 Å². The van der Waals surface area contributed by atoms with Crippen LogP contribution in [0.2, 0.25) is 5.02 Å². The van der Waals surface area contributed by atoms with Crippen LogP contribution in [0.25, 0.3) is 6.08 Å². The van der Waals surface area contributed by atoms with Gasteiger partial charge < -0.3 is 9.84 Å². The summed E-state index contributed by atoms with van der Waals surface area (Å²) >= 11 is 11.2. The van der Waals surface area contributed by atoms with Crippen LogP contribution in [0.15, 0.2) is 41.3 Å². The zero-order valence-electron chi connectivity index (χ0n) is 14.5. The molecule has 2 amide bonds. The Hall–Kier alpha value is -1.31. The molecule has 1 aliphatic heterocycles. The number of halogens is 3. The van der Waals surface area contributed by atoms with Crippen molar-refractivity contribution in [1.82, 2.24) is 4.90 Å². The van der Waals surface area contributed by atoms with Crippen molar-refractivity contribution in [3.63, 3.8) is 0 Å². The molecule has 0 radical (unpaired) electrons. The highest BCUT2D eigenvalue weighted by molar-refractivity contribution is 14.1. The number of carbonyl (C=O) groups excluding carboxylic acids is 2. The fourth-order valence-electron chi connectivity index (χ4n) is 2.49. The van der Waals surface area contributed by atoms with Crippen molar-refractivity contribution in [3.05, 3.63) is 64.6 Å². The largest absolute Gasteiger partial charge is 0.487 e. The first-order valence-electron chi connectivity index (χ1n) is 8.08. The van der Waals surface area contributed by atoms with Gasteiger partial charge in [0.2, 0.25) is 0 Å². The molecule has 0 atom stereocenters. The molecule has 1 saturated heterocycles. The van der Waals surface area contributed by atoms with E-state index in [0.29, 0.717) is 22.9 Å². The van der Waals surface area contributed by atoms with E-state index in [1.165, 1.54) is 0 Å². The standard InChI is InChI=1S/C19H12ClI2NO5S/c20-12-4-2-1-3-11(12)9-28-17-13(21)5-10(6-14(17)22)7-15-18(26)23(8-16(24)25)19(27)29-15/h1-7H,8-9H2,(H,24,25)/b15-7+. The van der Waals surface area contributed by atoms with Crippen LogP contribution in [0.1, 0.15) is 11.1 Å². The monoisotopic (exact) mass is 655 g/mol. The Bertz CT molecular complexity index is 1020. The average molecular weight is 656 g/mol. The van der Waals surface area contributed by atoms with Gasteiger partial charge in [0, 0.05) is 10.6 Å². The van der Waals surface area contributed by atoms with Gasteiger partial charge in [-0.2, -0.15) is 0 Å². The summed E-state index contributed by atoms with van der Waals surface area (Å²) in [7, 11) is 0. The number of rotatable bonds is 6. The lowest BCUT2D eigenvalue weighted by Gasteiger charge is -2.12. The summed E-state index contributed by atoms with van der Waals surface area (Å²) in [5, 5.41) is 8.88. The second-order valence-electron chi connectivity index (χ2n) is 5.86. The van der Waals surface area contributed by atoms with Gasteiger partial charge in [0.05, 0.1) is 12.0 Å². The fraction of sp³-hybridized carbons (Fsp3) is 0.105. The highest BCUT2D eigenvalue weighted by Gasteiger charge is 2.36. The summed E-state index contributed by atoms with van der Waals surface area (Å²) in [6.45, 7) is -0.328. The number of ether oxygens (including phenoxy) is 1. The summed E-state index contributed by atoms with van der Waals surface area (Å²) in [4.78, 5) is 35.9. The minimum atomic E-state index is -1.24. The maximum absolute atomic E-state index is 12.3. The number of hydrogen-bond donors (Lipinski definition) is 1. The average Bonchev–Trinajstić information content (AvgIpc) is 2.89. The Labute approximate surface area is 202 Å². The third-order valence-electron chi connectivity index (χ3n) is 3.82. The number of thioether (sulfide) groups is 1. The normalized spacial score (nSPS) is 15.3. The van der Waals surface area contributed by atoms with Gasteiger partial charge in [-0.05, 0) is 86.8 Å². The molecule has 10 heteroatoms. The van der Waals surface area contributed by atoms with Gasteiger partial charge in [0.15, 0.2) is 0 Å². The lowest BCUT2D eigenvalue weighted by atomic mass is 10.2. The molecule has 2 aromatic rings. The molecule has 29 heavy (non-hydrogen) atoms. The third kappa shape index (κ3) is 5.44. The number of nitrogens with zero attached hydrogens (tertiary/aromatic N) is 1. The second kappa shape index (κ2) is 9.67. The predicted octanol–water partition coefficient (Wildman–Crippen LogP) is 5.25. The lowest BCUT2D eigenvalue weighted by molar-refractivity contribution is -0.140. The molecule has 0 bridgehead atoms. The van der Waals surface area contributed by atoms with Gasteiger partial charge in [0.1, 0.15) is 18.9 Å². The highest BCUT2D eigenvalue weighted by atomic mass is 127. The number of carboxylic acid groups (broad SMARTS) is 1. The summed E-state index contributed by atoms with van der Waals surface area (Å²) in [5.41, 5.74) is 1.58. The molecule has 0 unspecified atom stereocenters. The number of amides is 2. The minimum Gasteiger partial charge on any atom is -0.487 e. The third-order valence-corrected chi connectivity index (χ3v) is 6.69. The van der Waals surface area contributed by atoms with Crippen molar-refractivity contribution in [2.45, 2.75) is 6.61 Å². The molecule has 1 aliphatic rings. The molecular weight excluding hydrogens is 644 g/mol. The maximum Gasteiger partial charge on any atom is 0.323 e. The predicted molar refractivity (Wildman–Crippen MR) is 128 cm³/mol. The van der Waals surface area contributed by atoms with Gasteiger partial charge in [-0.1, -0.05) is 29.8 Å². The number of aliphatic carboxylic acids is 1. The first-order valence-corrected chi connectivity index (χ1v) is 11.4. The topological polar surface area (TPSA) is 83.9 Å². The van der Waals surface area contributed by atoms with E-state index in [0.717, 1.165) is 29.4 Å². The molecule has 2 aromatic carbocycles. The van der Waals surface area contributed by atoms with Crippen LogP contribution in [0, 0.1) is 7.14 Å². The van der Waals surface area contributed by atoms with E-state index >= 15 is 0 Å². The van der Waals surface area contributed by atoms with Crippen molar-refractivity contribution in [2.24, 2.45) is 0 Å². The van der Waals surface area contributed by atoms with Gasteiger partial charge >= 0.3 is 5.97 Å². The van der Waals surface area contributed by atoms with Crippen molar-refractivity contribution in [2.75, 3.05) is 6.54 Å². The van der Waals surface area contributed by atoms with Crippen molar-refractivity contribution in [3.8, 4) is 5.75 Å². The second-order valence-corrected chi connectivity index (χ2v) is 9.58. The van der Waals surface area contributed by atoms with Crippen molar-refractivity contribution < 1.29 is 24.2 Å². The van der Waals surface area contributed by atoms with Crippen molar-refractivity contribution >= 4 is 91.7 Å². The summed E-state index contributed by atoms with van der Waals surface area (Å²) in [5.74, 6) is -1.15. The summed E-state index contributed by atoms with van der Waals surface area (Å²) in [6, 6.07) is 11.1. The molecular formula is C19H12ClI2NO5S. The summed E-state index contributed by atoms with van der Waals surface area (Å²) in [6.07, 6.45) is 1.58. The molecule has 1 N–H and O–H groups in total. The Kier molecular flexibility index (Phi) is 7.46. The minimum absolute atomic E-state index is 0.188. The molecule has 150 valence electrons. The van der Waals surface area contributed by atoms with E-state index in [-0.39, 0.29) is 4.91 Å². The number of imide groups is 1. The van der Waals surface area contributed by atoms with E-state index < -0.39 is 23.7 Å². The number of carbonyl (C=O) groups is 3. The van der Waals surface area contributed by atoms with Gasteiger partial charge in [-0.15, -0.1) is 0 Å².